The van der Waals surface area contributed by atoms with Crippen molar-refractivity contribution in [2.45, 2.75) is 12.5 Å². The number of nitrogens with two attached hydrogens (primary N) is 1. The Bertz CT molecular complexity index is 215. The van der Waals surface area contributed by atoms with Gasteiger partial charge in [-0.25, -0.2) is 4.79 Å². The number of hydrogen-bond acceptors (Lipinski definition) is 5. The zero-order valence-corrected chi connectivity index (χ0v) is 7.91. The van der Waals surface area contributed by atoms with Gasteiger partial charge >= 0.3 is 6.03 Å². The van der Waals surface area contributed by atoms with Crippen molar-refractivity contribution in [3.05, 3.63) is 0 Å². The summed E-state index contributed by atoms with van der Waals surface area (Å²) >= 11 is 0. The molecule has 82 valence electrons. The van der Waals surface area contributed by atoms with E-state index in [1.807, 2.05) is 5.32 Å². The quantitative estimate of drug-likeness (QED) is 0.340. The van der Waals surface area contributed by atoms with E-state index < -0.39 is 17.5 Å². The molecule has 0 saturated carbocycles. The maximum atomic E-state index is 10.9. The molecule has 0 aliphatic carbocycles. The number of rotatable bonds is 5. The molecule has 0 rings (SSSR count). The van der Waals surface area contributed by atoms with E-state index in [0.717, 1.165) is 0 Å². The Kier molecular flexibility index (Phi) is 5.06. The van der Waals surface area contributed by atoms with Gasteiger partial charge in [0, 0.05) is 0 Å². The van der Waals surface area contributed by atoms with Crippen LogP contribution in [0.2, 0.25) is 0 Å². The first kappa shape index (κ1) is 12.8. The molecule has 0 aromatic carbocycles. The van der Waals surface area contributed by atoms with Gasteiger partial charge in [-0.05, 0) is 6.92 Å². The van der Waals surface area contributed by atoms with E-state index in [9.17, 15) is 9.59 Å². The van der Waals surface area contributed by atoms with Gasteiger partial charge in [0.05, 0.1) is 25.3 Å². The third kappa shape index (κ3) is 4.75. The number of carbonyl (C=O) groups is 2. The number of primary amides is 1. The molecule has 0 aromatic heterocycles. The van der Waals surface area contributed by atoms with Crippen molar-refractivity contribution in [3.8, 4) is 0 Å². The number of imide groups is 1. The molecule has 0 saturated heterocycles. The van der Waals surface area contributed by atoms with Crippen molar-refractivity contribution in [1.29, 1.82) is 0 Å². The number of aliphatic hydroxyl groups is 2. The normalized spacial score (nSPS) is 11.1. The summed E-state index contributed by atoms with van der Waals surface area (Å²) in [6.07, 6.45) is 0. The Morgan fingerprint density at radius 2 is 1.86 bits per heavy atom. The summed E-state index contributed by atoms with van der Waals surface area (Å²) in [7, 11) is 0. The number of nitrogens with one attached hydrogen (secondary N) is 2. The minimum atomic E-state index is -0.949. The van der Waals surface area contributed by atoms with Crippen LogP contribution in [0.1, 0.15) is 6.92 Å². The van der Waals surface area contributed by atoms with Gasteiger partial charge in [-0.3, -0.25) is 15.4 Å². The fourth-order valence-corrected chi connectivity index (χ4v) is 0.637. The number of carbonyl (C=O) groups excluding carboxylic acids is 2. The fraction of sp³-hybridized carbons (Fsp3) is 0.714. The number of amides is 3. The number of aliphatic hydroxyl groups excluding tert-OH is 2. The first-order valence-corrected chi connectivity index (χ1v) is 3.99. The Hall–Kier alpha value is -1.18. The molecule has 14 heavy (non-hydrogen) atoms. The van der Waals surface area contributed by atoms with Crippen LogP contribution in [0.5, 0.6) is 0 Å². The highest BCUT2D eigenvalue weighted by molar-refractivity contribution is 5.94. The van der Waals surface area contributed by atoms with E-state index in [4.69, 9.17) is 15.9 Å². The van der Waals surface area contributed by atoms with Crippen LogP contribution in [-0.4, -0.2) is 47.4 Å². The summed E-state index contributed by atoms with van der Waals surface area (Å²) in [5, 5.41) is 22.1. The summed E-state index contributed by atoms with van der Waals surface area (Å²) in [6.45, 7) is 0.672. The molecule has 0 heterocycles. The summed E-state index contributed by atoms with van der Waals surface area (Å²) in [4.78, 5) is 21.1. The van der Waals surface area contributed by atoms with Gasteiger partial charge < -0.3 is 15.9 Å². The Balaban J connectivity index is 3.92. The lowest BCUT2D eigenvalue weighted by Gasteiger charge is -2.25. The lowest BCUT2D eigenvalue weighted by Crippen LogP contribution is -2.53. The Labute approximate surface area is 81.3 Å². The highest BCUT2D eigenvalue weighted by Gasteiger charge is 2.22. The summed E-state index contributed by atoms with van der Waals surface area (Å²) in [6, 6.07) is -0.938. The summed E-state index contributed by atoms with van der Waals surface area (Å²) in [5.74, 6) is -0.620. The highest BCUT2D eigenvalue weighted by Crippen LogP contribution is 1.98. The van der Waals surface area contributed by atoms with Crippen LogP contribution in [-0.2, 0) is 4.79 Å². The van der Waals surface area contributed by atoms with Gasteiger partial charge in [0.2, 0.25) is 5.91 Å². The summed E-state index contributed by atoms with van der Waals surface area (Å²) < 4.78 is 0. The molecular weight excluding hydrogens is 190 g/mol. The van der Waals surface area contributed by atoms with E-state index in [-0.39, 0.29) is 19.8 Å². The number of hydrogen-bond donors (Lipinski definition) is 5. The van der Waals surface area contributed by atoms with Crippen molar-refractivity contribution in [3.63, 3.8) is 0 Å². The molecular formula is C7H15N3O4. The van der Waals surface area contributed by atoms with E-state index in [1.165, 1.54) is 6.92 Å². The van der Waals surface area contributed by atoms with E-state index in [0.29, 0.717) is 0 Å². The SMILES string of the molecule is CC(CO)(CO)NCC(=O)NC(N)=O. The van der Waals surface area contributed by atoms with Crippen molar-refractivity contribution < 1.29 is 19.8 Å². The molecule has 0 bridgehead atoms. The van der Waals surface area contributed by atoms with Gasteiger partial charge in [0.25, 0.3) is 0 Å². The molecule has 0 aromatic rings. The van der Waals surface area contributed by atoms with Crippen molar-refractivity contribution in [2.24, 2.45) is 5.73 Å². The Morgan fingerprint density at radius 3 is 2.21 bits per heavy atom. The predicted molar refractivity (Wildman–Crippen MR) is 48.3 cm³/mol. The van der Waals surface area contributed by atoms with Crippen molar-refractivity contribution in [2.75, 3.05) is 19.8 Å². The van der Waals surface area contributed by atoms with Gasteiger partial charge in [-0.15, -0.1) is 0 Å². The number of urea groups is 1. The average Bonchev–Trinajstić information content (AvgIpc) is 2.13. The lowest BCUT2D eigenvalue weighted by molar-refractivity contribution is -0.119. The molecule has 0 aliphatic rings. The van der Waals surface area contributed by atoms with Gasteiger partial charge in [0.1, 0.15) is 0 Å². The molecule has 0 fully saturated rings. The van der Waals surface area contributed by atoms with Gasteiger partial charge in [0.15, 0.2) is 0 Å². The minimum absolute atomic E-state index is 0.208. The fourth-order valence-electron chi connectivity index (χ4n) is 0.637. The molecule has 0 unspecified atom stereocenters. The van der Waals surface area contributed by atoms with Crippen molar-refractivity contribution >= 4 is 11.9 Å². The van der Waals surface area contributed by atoms with Crippen LogP contribution in [0.4, 0.5) is 4.79 Å². The van der Waals surface area contributed by atoms with E-state index in [1.54, 1.807) is 0 Å². The first-order chi connectivity index (χ1) is 6.43. The van der Waals surface area contributed by atoms with Gasteiger partial charge in [-0.1, -0.05) is 0 Å². The average molecular weight is 205 g/mol. The minimum Gasteiger partial charge on any atom is -0.394 e. The van der Waals surface area contributed by atoms with Crippen LogP contribution in [0.15, 0.2) is 0 Å². The molecule has 7 nitrogen and oxygen atoms in total. The first-order valence-electron chi connectivity index (χ1n) is 3.99. The lowest BCUT2D eigenvalue weighted by atomic mass is 10.1. The zero-order valence-electron chi connectivity index (χ0n) is 7.91. The van der Waals surface area contributed by atoms with Crippen LogP contribution in [0, 0.1) is 0 Å². The molecule has 0 atom stereocenters. The third-order valence-electron chi connectivity index (χ3n) is 1.64. The van der Waals surface area contributed by atoms with Crippen molar-refractivity contribution in [1.82, 2.24) is 10.6 Å². The van der Waals surface area contributed by atoms with E-state index in [2.05, 4.69) is 5.32 Å². The van der Waals surface area contributed by atoms with Crippen LogP contribution >= 0.6 is 0 Å². The molecule has 7 heteroatoms. The maximum Gasteiger partial charge on any atom is 0.318 e. The van der Waals surface area contributed by atoms with E-state index >= 15 is 0 Å². The molecule has 0 aliphatic heterocycles. The van der Waals surface area contributed by atoms with Crippen LogP contribution in [0.25, 0.3) is 0 Å². The van der Waals surface area contributed by atoms with Crippen LogP contribution in [0.3, 0.4) is 0 Å². The topological polar surface area (TPSA) is 125 Å². The smallest absolute Gasteiger partial charge is 0.318 e. The molecule has 0 spiro atoms. The maximum absolute atomic E-state index is 10.9. The molecule has 3 amide bonds. The largest absolute Gasteiger partial charge is 0.394 e. The monoisotopic (exact) mass is 205 g/mol. The summed E-state index contributed by atoms with van der Waals surface area (Å²) in [5.41, 5.74) is 3.75. The standard InChI is InChI=1S/C7H15N3O4/c1-7(3-11,4-12)9-2-5(13)10-6(8)14/h9,11-12H,2-4H2,1H3,(H3,8,10,13,14). The second kappa shape index (κ2) is 5.53. The van der Waals surface area contributed by atoms with Gasteiger partial charge in [-0.2, -0.15) is 0 Å². The highest BCUT2D eigenvalue weighted by atomic mass is 16.3. The zero-order chi connectivity index (χ0) is 11.2. The molecule has 6 N–H and O–H groups in total. The second-order valence-electron chi connectivity index (χ2n) is 3.14. The molecule has 0 radical (unpaired) electrons. The second-order valence-corrected chi connectivity index (χ2v) is 3.14. The predicted octanol–water partition coefficient (Wildman–Crippen LogP) is -2.49. The Morgan fingerprint density at radius 1 is 1.36 bits per heavy atom. The third-order valence-corrected chi connectivity index (χ3v) is 1.64. The van der Waals surface area contributed by atoms with Crippen LogP contribution < -0.4 is 16.4 Å².